The second-order valence-electron chi connectivity index (χ2n) is 5.68. The highest BCUT2D eigenvalue weighted by Gasteiger charge is 2.42. The van der Waals surface area contributed by atoms with Crippen LogP contribution in [0.4, 0.5) is 0 Å². The molecule has 2 saturated carbocycles. The van der Waals surface area contributed by atoms with E-state index in [1.165, 1.54) is 6.42 Å². The third-order valence-electron chi connectivity index (χ3n) is 4.39. The van der Waals surface area contributed by atoms with Gasteiger partial charge in [-0.05, 0) is 31.6 Å². The summed E-state index contributed by atoms with van der Waals surface area (Å²) in [5.74, 6) is 0.728. The Morgan fingerprint density at radius 2 is 1.82 bits per heavy atom. The Balaban J connectivity index is 2.11. The molecular formula is C12H24N2O2S. The first-order valence-electron chi connectivity index (χ1n) is 6.67. The summed E-state index contributed by atoms with van der Waals surface area (Å²) in [5.41, 5.74) is 5.58. The number of nitrogens with two attached hydrogens (primary N) is 1. The Bertz CT molecular complexity index is 357. The van der Waals surface area contributed by atoms with E-state index in [1.807, 2.05) is 0 Å². The summed E-state index contributed by atoms with van der Waals surface area (Å²) in [4.78, 5) is 0. The van der Waals surface area contributed by atoms with Gasteiger partial charge in [-0.15, -0.1) is 0 Å². The van der Waals surface area contributed by atoms with Gasteiger partial charge in [-0.1, -0.05) is 19.3 Å². The number of likely N-dealkylation sites (N-methyl/N-ethyl adjacent to an activating group) is 1. The van der Waals surface area contributed by atoms with E-state index in [0.29, 0.717) is 18.2 Å². The van der Waals surface area contributed by atoms with Crippen LogP contribution in [0.3, 0.4) is 0 Å². The molecule has 0 atom stereocenters. The molecule has 2 aliphatic carbocycles. The SMILES string of the molecule is CN(C1(CN)CCCCC1)S(=O)(=O)CC1CC1. The Morgan fingerprint density at radius 1 is 1.24 bits per heavy atom. The van der Waals surface area contributed by atoms with Crippen LogP contribution in [0.15, 0.2) is 0 Å². The lowest BCUT2D eigenvalue weighted by Gasteiger charge is -2.43. The average Bonchev–Trinajstić information content (AvgIpc) is 3.12. The van der Waals surface area contributed by atoms with Gasteiger partial charge < -0.3 is 5.73 Å². The van der Waals surface area contributed by atoms with Gasteiger partial charge in [-0.3, -0.25) is 0 Å². The standard InChI is InChI=1S/C12H24N2O2S/c1-14(17(15,16)9-11-5-6-11)12(10-13)7-3-2-4-8-12/h11H,2-10,13H2,1H3. The minimum absolute atomic E-state index is 0.300. The minimum Gasteiger partial charge on any atom is -0.329 e. The molecule has 2 aliphatic rings. The van der Waals surface area contributed by atoms with Crippen molar-refractivity contribution in [3.05, 3.63) is 0 Å². The Labute approximate surface area is 105 Å². The summed E-state index contributed by atoms with van der Waals surface area (Å²) in [5, 5.41) is 0. The second kappa shape index (κ2) is 4.86. The van der Waals surface area contributed by atoms with Crippen LogP contribution in [0.2, 0.25) is 0 Å². The summed E-state index contributed by atoms with van der Waals surface area (Å²) in [6, 6.07) is 0. The van der Waals surface area contributed by atoms with Crippen molar-refractivity contribution in [2.45, 2.75) is 50.5 Å². The lowest BCUT2D eigenvalue weighted by Crippen LogP contribution is -2.56. The molecule has 0 heterocycles. The summed E-state index contributed by atoms with van der Waals surface area (Å²) in [6.45, 7) is 0.452. The molecule has 0 bridgehead atoms. The molecule has 4 nitrogen and oxygen atoms in total. The van der Waals surface area contributed by atoms with Gasteiger partial charge in [0.2, 0.25) is 10.0 Å². The summed E-state index contributed by atoms with van der Waals surface area (Å²) >= 11 is 0. The van der Waals surface area contributed by atoms with Crippen LogP contribution in [0, 0.1) is 5.92 Å². The van der Waals surface area contributed by atoms with Gasteiger partial charge in [0.25, 0.3) is 0 Å². The molecule has 0 unspecified atom stereocenters. The van der Waals surface area contributed by atoms with E-state index in [2.05, 4.69) is 0 Å². The topological polar surface area (TPSA) is 63.4 Å². The highest BCUT2D eigenvalue weighted by Crippen LogP contribution is 2.36. The van der Waals surface area contributed by atoms with Crippen molar-refractivity contribution < 1.29 is 8.42 Å². The predicted octanol–water partition coefficient (Wildman–Crippen LogP) is 1.32. The first-order chi connectivity index (χ1) is 8.00. The van der Waals surface area contributed by atoms with Crippen LogP contribution in [-0.2, 0) is 10.0 Å². The first kappa shape index (κ1) is 13.3. The van der Waals surface area contributed by atoms with Crippen molar-refractivity contribution >= 4 is 10.0 Å². The van der Waals surface area contributed by atoms with Crippen molar-refractivity contribution in [1.29, 1.82) is 0 Å². The predicted molar refractivity (Wildman–Crippen MR) is 69.1 cm³/mol. The molecule has 0 aromatic carbocycles. The molecule has 100 valence electrons. The molecule has 0 radical (unpaired) electrons. The number of hydrogen-bond donors (Lipinski definition) is 1. The second-order valence-corrected chi connectivity index (χ2v) is 7.72. The maximum atomic E-state index is 12.3. The molecule has 0 spiro atoms. The Kier molecular flexibility index (Phi) is 3.80. The molecule has 0 saturated heterocycles. The van der Waals surface area contributed by atoms with Crippen molar-refractivity contribution in [1.82, 2.24) is 4.31 Å². The van der Waals surface area contributed by atoms with E-state index in [9.17, 15) is 8.42 Å². The summed E-state index contributed by atoms with van der Waals surface area (Å²) < 4.78 is 26.2. The fraction of sp³-hybridized carbons (Fsp3) is 1.00. The quantitative estimate of drug-likeness (QED) is 0.811. The zero-order chi connectivity index (χ0) is 12.5. The molecule has 0 aromatic heterocycles. The number of rotatable bonds is 5. The van der Waals surface area contributed by atoms with Gasteiger partial charge in [-0.2, -0.15) is 4.31 Å². The van der Waals surface area contributed by atoms with E-state index >= 15 is 0 Å². The van der Waals surface area contributed by atoms with Crippen LogP contribution in [0.25, 0.3) is 0 Å². The fourth-order valence-electron chi connectivity index (χ4n) is 2.85. The maximum Gasteiger partial charge on any atom is 0.214 e. The number of nitrogens with zero attached hydrogens (tertiary/aromatic N) is 1. The van der Waals surface area contributed by atoms with Gasteiger partial charge in [0.1, 0.15) is 0 Å². The van der Waals surface area contributed by atoms with E-state index in [4.69, 9.17) is 5.73 Å². The van der Waals surface area contributed by atoms with Crippen molar-refractivity contribution in [2.24, 2.45) is 11.7 Å². The normalized spacial score (nSPS) is 25.1. The molecule has 0 aromatic rings. The molecule has 2 rings (SSSR count). The number of sulfonamides is 1. The lowest BCUT2D eigenvalue weighted by atomic mass is 9.82. The molecular weight excluding hydrogens is 236 g/mol. The zero-order valence-electron chi connectivity index (χ0n) is 10.7. The minimum atomic E-state index is -3.11. The van der Waals surface area contributed by atoms with Crippen LogP contribution >= 0.6 is 0 Å². The Hall–Kier alpha value is -0.130. The number of hydrogen-bond acceptors (Lipinski definition) is 3. The Morgan fingerprint density at radius 3 is 2.29 bits per heavy atom. The van der Waals surface area contributed by atoms with Crippen molar-refractivity contribution in [2.75, 3.05) is 19.3 Å². The zero-order valence-corrected chi connectivity index (χ0v) is 11.5. The van der Waals surface area contributed by atoms with Gasteiger partial charge in [0.05, 0.1) is 5.75 Å². The summed E-state index contributed by atoms with van der Waals surface area (Å²) in [6.07, 6.45) is 7.39. The van der Waals surface area contributed by atoms with Gasteiger partial charge >= 0.3 is 0 Å². The van der Waals surface area contributed by atoms with Gasteiger partial charge in [0.15, 0.2) is 0 Å². The van der Waals surface area contributed by atoms with E-state index in [0.717, 1.165) is 38.5 Å². The van der Waals surface area contributed by atoms with E-state index < -0.39 is 10.0 Å². The van der Waals surface area contributed by atoms with Crippen LogP contribution < -0.4 is 5.73 Å². The van der Waals surface area contributed by atoms with Crippen LogP contribution in [0.1, 0.15) is 44.9 Å². The van der Waals surface area contributed by atoms with E-state index in [-0.39, 0.29) is 5.54 Å². The lowest BCUT2D eigenvalue weighted by molar-refractivity contribution is 0.159. The third kappa shape index (κ3) is 2.83. The van der Waals surface area contributed by atoms with Gasteiger partial charge in [-0.25, -0.2) is 8.42 Å². The highest BCUT2D eigenvalue weighted by atomic mass is 32.2. The first-order valence-corrected chi connectivity index (χ1v) is 8.28. The third-order valence-corrected chi connectivity index (χ3v) is 6.51. The fourth-order valence-corrected chi connectivity index (χ4v) is 4.85. The molecule has 17 heavy (non-hydrogen) atoms. The molecule has 2 fully saturated rings. The molecule has 5 heteroatoms. The van der Waals surface area contributed by atoms with Crippen molar-refractivity contribution in [3.8, 4) is 0 Å². The highest BCUT2D eigenvalue weighted by molar-refractivity contribution is 7.89. The van der Waals surface area contributed by atoms with Crippen LogP contribution in [-0.4, -0.2) is 37.6 Å². The molecule has 0 aliphatic heterocycles. The summed E-state index contributed by atoms with van der Waals surface area (Å²) in [7, 11) is -1.38. The van der Waals surface area contributed by atoms with Gasteiger partial charge in [0, 0.05) is 19.1 Å². The maximum absolute atomic E-state index is 12.3. The molecule has 2 N–H and O–H groups in total. The van der Waals surface area contributed by atoms with Crippen LogP contribution in [0.5, 0.6) is 0 Å². The largest absolute Gasteiger partial charge is 0.329 e. The monoisotopic (exact) mass is 260 g/mol. The molecule has 0 amide bonds. The van der Waals surface area contributed by atoms with Crippen molar-refractivity contribution in [3.63, 3.8) is 0 Å². The average molecular weight is 260 g/mol. The van der Waals surface area contributed by atoms with E-state index in [1.54, 1.807) is 11.4 Å². The smallest absolute Gasteiger partial charge is 0.214 e.